The first-order valence-electron chi connectivity index (χ1n) is 10.3. The summed E-state index contributed by atoms with van der Waals surface area (Å²) in [5.74, 6) is 0.226. The van der Waals surface area contributed by atoms with E-state index in [0.717, 1.165) is 0 Å². The maximum atomic E-state index is 13.7. The molecule has 0 radical (unpaired) electrons. The molecule has 3 aromatic rings. The predicted molar refractivity (Wildman–Crippen MR) is 128 cm³/mol. The van der Waals surface area contributed by atoms with E-state index in [-0.39, 0.29) is 16.2 Å². The summed E-state index contributed by atoms with van der Waals surface area (Å²) < 4.78 is 1.34. The Morgan fingerprint density at radius 1 is 1.18 bits per heavy atom. The number of nitrogens with one attached hydrogen (secondary N) is 2. The van der Waals surface area contributed by atoms with Crippen LogP contribution in [-0.2, 0) is 0 Å². The van der Waals surface area contributed by atoms with Crippen LogP contribution in [0.5, 0.6) is 0 Å². The van der Waals surface area contributed by atoms with Crippen LogP contribution in [0.25, 0.3) is 16.6 Å². The molecule has 0 bridgehead atoms. The fourth-order valence-electron chi connectivity index (χ4n) is 3.80. The second-order valence-electron chi connectivity index (χ2n) is 8.50. The van der Waals surface area contributed by atoms with Crippen molar-refractivity contribution in [3.05, 3.63) is 63.7 Å². The normalized spacial score (nSPS) is 12.3. The summed E-state index contributed by atoms with van der Waals surface area (Å²) >= 11 is 6.34. The Bertz CT molecular complexity index is 1280. The quantitative estimate of drug-likeness (QED) is 0.513. The molecule has 3 amide bonds. The number of fused-ring (bicyclic) bond motifs is 1. The minimum atomic E-state index is -1.14. The van der Waals surface area contributed by atoms with Gasteiger partial charge in [-0.3, -0.25) is 14.3 Å². The topological polar surface area (TPSA) is 117 Å². The van der Waals surface area contributed by atoms with E-state index in [9.17, 15) is 19.5 Å². The lowest BCUT2D eigenvalue weighted by Crippen LogP contribution is -2.47. The van der Waals surface area contributed by atoms with Gasteiger partial charge >= 0.3 is 12.1 Å². The van der Waals surface area contributed by atoms with Crippen molar-refractivity contribution in [3.8, 4) is 5.69 Å². The van der Waals surface area contributed by atoms with Crippen LogP contribution in [-0.4, -0.2) is 44.3 Å². The van der Waals surface area contributed by atoms with Gasteiger partial charge in [-0.2, -0.15) is 0 Å². The van der Waals surface area contributed by atoms with E-state index in [1.807, 2.05) is 0 Å². The van der Waals surface area contributed by atoms with Crippen LogP contribution in [0.15, 0.2) is 47.3 Å². The van der Waals surface area contributed by atoms with Crippen molar-refractivity contribution in [1.29, 1.82) is 0 Å². The third-order valence-corrected chi connectivity index (χ3v) is 5.47. The van der Waals surface area contributed by atoms with E-state index in [1.165, 1.54) is 16.5 Å². The summed E-state index contributed by atoms with van der Waals surface area (Å²) in [6.07, 6.45) is -1.14. The molecule has 0 aliphatic carbocycles. The summed E-state index contributed by atoms with van der Waals surface area (Å²) in [6.45, 7) is 6.99. The number of urea groups is 1. The lowest BCUT2D eigenvalue weighted by atomic mass is 10.0. The van der Waals surface area contributed by atoms with Gasteiger partial charge in [0.2, 0.25) is 0 Å². The number of carbonyl (C=O) groups is 2. The van der Waals surface area contributed by atoms with Crippen LogP contribution in [0.1, 0.15) is 39.6 Å². The number of hydrogen-bond donors (Lipinski definition) is 3. The molecule has 0 spiro atoms. The molecule has 3 N–H and O–H groups in total. The fraction of sp³-hybridized carbons (Fsp3) is 0.304. The molecular formula is C23H26ClN5O4. The van der Waals surface area contributed by atoms with Crippen LogP contribution in [0.2, 0.25) is 5.02 Å². The zero-order chi connectivity index (χ0) is 24.5. The predicted octanol–water partition coefficient (Wildman–Crippen LogP) is 4.63. The van der Waals surface area contributed by atoms with Gasteiger partial charge in [0.15, 0.2) is 0 Å². The molecule has 1 heterocycles. The first kappa shape index (κ1) is 24.1. The number of halogens is 1. The van der Waals surface area contributed by atoms with Crippen molar-refractivity contribution in [2.75, 3.05) is 12.4 Å². The standard InChI is InChI=1S/C23H26ClN5O4/c1-13(29(22(32)33)23(2,3)4)19-27-17-11-7-10-16(24)18(17)20(30)28(19)15-9-6-8-14(12-15)26-21(31)25-5/h6-13H,1-5H3,(H,32,33)(H2,25,26,31). The Labute approximate surface area is 196 Å². The van der Waals surface area contributed by atoms with Gasteiger partial charge < -0.3 is 15.7 Å². The Kier molecular flexibility index (Phi) is 6.64. The van der Waals surface area contributed by atoms with Crippen LogP contribution in [0.3, 0.4) is 0 Å². The zero-order valence-corrected chi connectivity index (χ0v) is 19.8. The lowest BCUT2D eigenvalue weighted by Gasteiger charge is -2.38. The van der Waals surface area contributed by atoms with Crippen molar-refractivity contribution in [2.24, 2.45) is 0 Å². The molecule has 1 atom stereocenters. The Hall–Kier alpha value is -3.59. The molecule has 0 aliphatic heterocycles. The highest BCUT2D eigenvalue weighted by atomic mass is 35.5. The summed E-state index contributed by atoms with van der Waals surface area (Å²) in [5, 5.41) is 15.5. The maximum absolute atomic E-state index is 13.7. The summed E-state index contributed by atoms with van der Waals surface area (Å²) in [6, 6.07) is 10.4. The smallest absolute Gasteiger partial charge is 0.408 e. The number of aromatic nitrogens is 2. The number of carboxylic acid groups (broad SMARTS) is 1. The van der Waals surface area contributed by atoms with Crippen LogP contribution in [0, 0.1) is 0 Å². The van der Waals surface area contributed by atoms with Gasteiger partial charge in [-0.1, -0.05) is 23.7 Å². The average Bonchev–Trinajstić information content (AvgIpc) is 2.72. The van der Waals surface area contributed by atoms with E-state index in [0.29, 0.717) is 16.9 Å². The largest absolute Gasteiger partial charge is 0.465 e. The van der Waals surface area contributed by atoms with Gasteiger partial charge in [0.1, 0.15) is 5.82 Å². The summed E-state index contributed by atoms with van der Waals surface area (Å²) in [5.41, 5.74) is 0.0137. The molecule has 0 saturated heterocycles. The van der Waals surface area contributed by atoms with E-state index in [1.54, 1.807) is 70.2 Å². The van der Waals surface area contributed by atoms with E-state index in [4.69, 9.17) is 11.6 Å². The van der Waals surface area contributed by atoms with Crippen LogP contribution in [0.4, 0.5) is 15.3 Å². The first-order valence-corrected chi connectivity index (χ1v) is 10.7. The first-order chi connectivity index (χ1) is 15.5. The van der Waals surface area contributed by atoms with Crippen LogP contribution < -0.4 is 16.2 Å². The molecule has 174 valence electrons. The highest BCUT2D eigenvalue weighted by Gasteiger charge is 2.34. The molecule has 33 heavy (non-hydrogen) atoms. The second-order valence-corrected chi connectivity index (χ2v) is 8.91. The third kappa shape index (κ3) is 4.78. The molecule has 10 heteroatoms. The lowest BCUT2D eigenvalue weighted by molar-refractivity contribution is 0.0719. The van der Waals surface area contributed by atoms with Gasteiger partial charge in [-0.25, -0.2) is 14.6 Å². The monoisotopic (exact) mass is 471 g/mol. The van der Waals surface area contributed by atoms with Crippen molar-refractivity contribution < 1.29 is 14.7 Å². The van der Waals surface area contributed by atoms with E-state index in [2.05, 4.69) is 15.6 Å². The zero-order valence-electron chi connectivity index (χ0n) is 19.0. The second kappa shape index (κ2) is 9.11. The molecule has 0 saturated carbocycles. The maximum Gasteiger partial charge on any atom is 0.408 e. The number of rotatable bonds is 4. The van der Waals surface area contributed by atoms with Crippen molar-refractivity contribution in [1.82, 2.24) is 19.8 Å². The van der Waals surface area contributed by atoms with Crippen LogP contribution >= 0.6 is 11.6 Å². The van der Waals surface area contributed by atoms with Gasteiger partial charge in [0, 0.05) is 18.3 Å². The average molecular weight is 472 g/mol. The van der Waals surface area contributed by atoms with Crippen molar-refractivity contribution in [3.63, 3.8) is 0 Å². The van der Waals surface area contributed by atoms with E-state index < -0.39 is 29.3 Å². The third-order valence-electron chi connectivity index (χ3n) is 5.15. The van der Waals surface area contributed by atoms with Crippen molar-refractivity contribution in [2.45, 2.75) is 39.3 Å². The number of anilines is 1. The molecule has 0 aliphatic rings. The number of amides is 3. The minimum Gasteiger partial charge on any atom is -0.465 e. The Balaban J connectivity index is 2.34. The van der Waals surface area contributed by atoms with Gasteiger partial charge in [-0.05, 0) is 58.0 Å². The minimum absolute atomic E-state index is 0.220. The molecule has 0 fully saturated rings. The Morgan fingerprint density at radius 2 is 1.85 bits per heavy atom. The SMILES string of the molecule is CNC(=O)Nc1cccc(-n2c(C(C)N(C(=O)O)C(C)(C)C)nc3cccc(Cl)c3c2=O)c1. The summed E-state index contributed by atoms with van der Waals surface area (Å²) in [7, 11) is 1.49. The highest BCUT2D eigenvalue weighted by Crippen LogP contribution is 2.30. The number of benzene rings is 2. The fourth-order valence-corrected chi connectivity index (χ4v) is 4.05. The molecule has 3 rings (SSSR count). The number of carbonyl (C=O) groups excluding carboxylic acids is 1. The summed E-state index contributed by atoms with van der Waals surface area (Å²) in [4.78, 5) is 43.5. The molecule has 1 unspecified atom stereocenters. The highest BCUT2D eigenvalue weighted by molar-refractivity contribution is 6.35. The number of nitrogens with zero attached hydrogens (tertiary/aromatic N) is 3. The number of hydrogen-bond acceptors (Lipinski definition) is 4. The molecular weight excluding hydrogens is 446 g/mol. The Morgan fingerprint density at radius 3 is 2.45 bits per heavy atom. The molecule has 9 nitrogen and oxygen atoms in total. The molecule has 2 aromatic carbocycles. The molecule has 1 aromatic heterocycles. The van der Waals surface area contributed by atoms with Gasteiger partial charge in [-0.15, -0.1) is 0 Å². The van der Waals surface area contributed by atoms with Gasteiger partial charge in [0.25, 0.3) is 5.56 Å². The van der Waals surface area contributed by atoms with Crippen molar-refractivity contribution >= 4 is 40.3 Å². The van der Waals surface area contributed by atoms with E-state index >= 15 is 0 Å². The van der Waals surface area contributed by atoms with Gasteiger partial charge in [0.05, 0.1) is 27.7 Å².